The minimum Gasteiger partial charge on any atom is -0.383 e. The molecule has 1 aliphatic rings. The van der Waals surface area contributed by atoms with Crippen LogP contribution in [0.4, 0.5) is 11.4 Å². The molecule has 0 saturated heterocycles. The number of nitro benzene ring substituents is 1. The summed E-state index contributed by atoms with van der Waals surface area (Å²) in [7, 11) is 0. The minimum atomic E-state index is -0.420. The first-order valence-corrected chi connectivity index (χ1v) is 9.23. The lowest BCUT2D eigenvalue weighted by atomic mass is 9.97. The van der Waals surface area contributed by atoms with E-state index in [1.54, 1.807) is 12.1 Å². The number of hydrogen-bond donors (Lipinski definition) is 3. The van der Waals surface area contributed by atoms with Gasteiger partial charge >= 0.3 is 0 Å². The van der Waals surface area contributed by atoms with E-state index < -0.39 is 4.92 Å². The van der Waals surface area contributed by atoms with Crippen molar-refractivity contribution in [2.75, 3.05) is 25.0 Å². The standard InChI is InChI=1S/C18H28N4O3/c23-18(14-21-15-6-4-2-1-3-5-7-15)20-13-12-19-16-8-10-17(11-9-16)22(24)25/h8-11,15,19,21H,1-7,12-14H2,(H,20,23)/p+1. The van der Waals surface area contributed by atoms with Crippen LogP contribution in [0.15, 0.2) is 24.3 Å². The maximum atomic E-state index is 11.9. The van der Waals surface area contributed by atoms with E-state index >= 15 is 0 Å². The van der Waals surface area contributed by atoms with Crippen LogP contribution in [0.3, 0.4) is 0 Å². The zero-order valence-corrected chi connectivity index (χ0v) is 14.7. The molecule has 138 valence electrons. The third kappa shape index (κ3) is 7.51. The van der Waals surface area contributed by atoms with Crippen molar-refractivity contribution in [2.24, 2.45) is 0 Å². The molecule has 0 atom stereocenters. The van der Waals surface area contributed by atoms with Crippen molar-refractivity contribution < 1.29 is 15.0 Å². The highest BCUT2D eigenvalue weighted by Gasteiger charge is 2.15. The van der Waals surface area contributed by atoms with Gasteiger partial charge in [0.05, 0.1) is 11.0 Å². The monoisotopic (exact) mass is 349 g/mol. The number of hydrogen-bond acceptors (Lipinski definition) is 4. The van der Waals surface area contributed by atoms with Crippen molar-refractivity contribution in [1.29, 1.82) is 0 Å². The highest BCUT2D eigenvalue weighted by atomic mass is 16.6. The van der Waals surface area contributed by atoms with Gasteiger partial charge in [-0.15, -0.1) is 0 Å². The molecule has 1 fully saturated rings. The molecule has 7 nitrogen and oxygen atoms in total. The predicted octanol–water partition coefficient (Wildman–Crippen LogP) is 1.80. The molecular weight excluding hydrogens is 320 g/mol. The molecule has 0 unspecified atom stereocenters. The fourth-order valence-corrected chi connectivity index (χ4v) is 3.18. The molecule has 0 spiro atoms. The number of non-ortho nitro benzene ring substituents is 1. The van der Waals surface area contributed by atoms with E-state index in [-0.39, 0.29) is 11.6 Å². The third-order valence-corrected chi connectivity index (χ3v) is 4.64. The van der Waals surface area contributed by atoms with Crippen LogP contribution < -0.4 is 16.0 Å². The first kappa shape index (κ1) is 19.2. The summed E-state index contributed by atoms with van der Waals surface area (Å²) in [5.74, 6) is 0.0626. The summed E-state index contributed by atoms with van der Waals surface area (Å²) in [6, 6.07) is 6.85. The van der Waals surface area contributed by atoms with E-state index in [0.29, 0.717) is 25.7 Å². The van der Waals surface area contributed by atoms with Gasteiger partial charge < -0.3 is 16.0 Å². The number of nitrogens with zero attached hydrogens (tertiary/aromatic N) is 1. The summed E-state index contributed by atoms with van der Waals surface area (Å²) in [6.07, 6.45) is 9.00. The van der Waals surface area contributed by atoms with Crippen LogP contribution in [0.5, 0.6) is 0 Å². The van der Waals surface area contributed by atoms with Crippen LogP contribution in [0.1, 0.15) is 44.9 Å². The van der Waals surface area contributed by atoms with Gasteiger partial charge in [0.15, 0.2) is 6.54 Å². The number of rotatable bonds is 8. The Labute approximate surface area is 148 Å². The Balaban J connectivity index is 1.57. The van der Waals surface area contributed by atoms with E-state index in [2.05, 4.69) is 16.0 Å². The summed E-state index contributed by atoms with van der Waals surface area (Å²) in [5.41, 5.74) is 0.879. The Morgan fingerprint density at radius 3 is 2.36 bits per heavy atom. The first-order valence-electron chi connectivity index (χ1n) is 9.23. The lowest BCUT2D eigenvalue weighted by Gasteiger charge is -2.18. The molecule has 1 aromatic rings. The molecule has 0 heterocycles. The molecule has 0 bridgehead atoms. The molecular formula is C18H29N4O3+. The predicted molar refractivity (Wildman–Crippen MR) is 97.5 cm³/mol. The van der Waals surface area contributed by atoms with E-state index in [9.17, 15) is 14.9 Å². The summed E-state index contributed by atoms with van der Waals surface area (Å²) in [6.45, 7) is 1.61. The van der Waals surface area contributed by atoms with Crippen LogP contribution in [0, 0.1) is 10.1 Å². The molecule has 25 heavy (non-hydrogen) atoms. The third-order valence-electron chi connectivity index (χ3n) is 4.64. The summed E-state index contributed by atoms with van der Waals surface area (Å²) < 4.78 is 0. The van der Waals surface area contributed by atoms with Crippen molar-refractivity contribution in [1.82, 2.24) is 5.32 Å². The maximum absolute atomic E-state index is 11.9. The molecule has 1 amide bonds. The molecule has 0 aliphatic heterocycles. The summed E-state index contributed by atoms with van der Waals surface area (Å²) in [4.78, 5) is 22.1. The van der Waals surface area contributed by atoms with Crippen LogP contribution in [0.2, 0.25) is 0 Å². The second-order valence-corrected chi connectivity index (χ2v) is 6.63. The van der Waals surface area contributed by atoms with Gasteiger partial charge in [0.25, 0.3) is 11.6 Å². The van der Waals surface area contributed by atoms with Crippen LogP contribution in [-0.2, 0) is 4.79 Å². The number of carbonyl (C=O) groups is 1. The highest BCUT2D eigenvalue weighted by Crippen LogP contribution is 2.15. The fourth-order valence-electron chi connectivity index (χ4n) is 3.18. The van der Waals surface area contributed by atoms with Crippen molar-refractivity contribution >= 4 is 17.3 Å². The lowest BCUT2D eigenvalue weighted by molar-refractivity contribution is -0.680. The van der Waals surface area contributed by atoms with Crippen molar-refractivity contribution in [2.45, 2.75) is 51.0 Å². The average Bonchev–Trinajstić information content (AvgIpc) is 2.58. The zero-order valence-electron chi connectivity index (χ0n) is 14.7. The number of nitro groups is 1. The molecule has 1 saturated carbocycles. The Morgan fingerprint density at radius 2 is 1.72 bits per heavy atom. The molecule has 1 aliphatic carbocycles. The van der Waals surface area contributed by atoms with E-state index in [4.69, 9.17) is 0 Å². The lowest BCUT2D eigenvalue weighted by Crippen LogP contribution is -2.92. The van der Waals surface area contributed by atoms with E-state index in [1.807, 2.05) is 0 Å². The number of quaternary nitrogens is 1. The SMILES string of the molecule is O=C(C[NH2+]C1CCCCCCC1)NCCNc1ccc([N+](=O)[O-])cc1. The maximum Gasteiger partial charge on any atom is 0.275 e. The summed E-state index contributed by atoms with van der Waals surface area (Å²) >= 11 is 0. The van der Waals surface area contributed by atoms with E-state index in [1.165, 1.54) is 57.1 Å². The van der Waals surface area contributed by atoms with Gasteiger partial charge in [-0.2, -0.15) is 0 Å². The van der Waals surface area contributed by atoms with Crippen LogP contribution >= 0.6 is 0 Å². The zero-order chi connectivity index (χ0) is 17.9. The van der Waals surface area contributed by atoms with Crippen molar-refractivity contribution in [3.63, 3.8) is 0 Å². The first-order chi connectivity index (χ1) is 12.1. The van der Waals surface area contributed by atoms with Crippen LogP contribution in [0.25, 0.3) is 0 Å². The minimum absolute atomic E-state index is 0.0626. The number of carbonyl (C=O) groups excluding carboxylic acids is 1. The Hall–Kier alpha value is -2.15. The van der Waals surface area contributed by atoms with Gasteiger partial charge in [-0.05, 0) is 37.8 Å². The molecule has 1 aromatic carbocycles. The molecule has 7 heteroatoms. The second kappa shape index (κ2) is 10.7. The topological polar surface area (TPSA) is 101 Å². The van der Waals surface area contributed by atoms with Gasteiger partial charge in [-0.1, -0.05) is 19.3 Å². The van der Waals surface area contributed by atoms with Gasteiger partial charge in [0.2, 0.25) is 0 Å². The number of nitrogens with one attached hydrogen (secondary N) is 2. The van der Waals surface area contributed by atoms with E-state index in [0.717, 1.165) is 5.69 Å². The average molecular weight is 349 g/mol. The smallest absolute Gasteiger partial charge is 0.275 e. The number of benzene rings is 1. The number of anilines is 1. The van der Waals surface area contributed by atoms with Gasteiger partial charge in [0.1, 0.15) is 0 Å². The molecule has 4 N–H and O–H groups in total. The summed E-state index contributed by atoms with van der Waals surface area (Å²) in [5, 5.41) is 18.8. The normalized spacial score (nSPS) is 15.8. The molecule has 0 aromatic heterocycles. The Kier molecular flexibility index (Phi) is 8.18. The number of amides is 1. The van der Waals surface area contributed by atoms with Crippen molar-refractivity contribution in [3.05, 3.63) is 34.4 Å². The Morgan fingerprint density at radius 1 is 1.08 bits per heavy atom. The fraction of sp³-hybridized carbons (Fsp3) is 0.611. The molecule has 2 rings (SSSR count). The quantitative estimate of drug-likeness (QED) is 0.378. The molecule has 0 radical (unpaired) electrons. The second-order valence-electron chi connectivity index (χ2n) is 6.63. The highest BCUT2D eigenvalue weighted by molar-refractivity contribution is 5.76. The van der Waals surface area contributed by atoms with Gasteiger partial charge in [-0.25, -0.2) is 0 Å². The Bertz CT molecular complexity index is 540. The van der Waals surface area contributed by atoms with Gasteiger partial charge in [0, 0.05) is 30.9 Å². The van der Waals surface area contributed by atoms with Gasteiger partial charge in [-0.3, -0.25) is 14.9 Å². The van der Waals surface area contributed by atoms with Crippen molar-refractivity contribution in [3.8, 4) is 0 Å². The van der Waals surface area contributed by atoms with Crippen LogP contribution in [-0.4, -0.2) is 36.5 Å². The largest absolute Gasteiger partial charge is 0.383 e. The number of nitrogens with two attached hydrogens (primary N) is 1.